The van der Waals surface area contributed by atoms with E-state index in [0.29, 0.717) is 29.6 Å². The Kier molecular flexibility index (Phi) is 5.09. The van der Waals surface area contributed by atoms with E-state index in [0.717, 1.165) is 11.1 Å². The molecule has 1 aromatic heterocycles. The highest BCUT2D eigenvalue weighted by atomic mass is 16.5. The van der Waals surface area contributed by atoms with Gasteiger partial charge >= 0.3 is 0 Å². The van der Waals surface area contributed by atoms with Gasteiger partial charge in [-0.2, -0.15) is 4.98 Å². The highest BCUT2D eigenvalue weighted by molar-refractivity contribution is 5.92. The number of anilines is 1. The Labute approximate surface area is 145 Å². The monoisotopic (exact) mass is 337 g/mol. The zero-order chi connectivity index (χ0) is 17.6. The minimum Gasteiger partial charge on any atom is -0.484 e. The van der Waals surface area contributed by atoms with Gasteiger partial charge in [0, 0.05) is 17.7 Å². The van der Waals surface area contributed by atoms with E-state index in [-0.39, 0.29) is 12.5 Å². The van der Waals surface area contributed by atoms with Crippen LogP contribution in [0.25, 0.3) is 11.5 Å². The molecule has 1 N–H and O–H groups in total. The summed E-state index contributed by atoms with van der Waals surface area (Å²) in [5.74, 6) is 1.50. The van der Waals surface area contributed by atoms with Crippen molar-refractivity contribution >= 4 is 11.6 Å². The average molecular weight is 337 g/mol. The van der Waals surface area contributed by atoms with E-state index in [2.05, 4.69) is 15.5 Å². The summed E-state index contributed by atoms with van der Waals surface area (Å²) in [5, 5.41) is 6.68. The summed E-state index contributed by atoms with van der Waals surface area (Å²) in [5.41, 5.74) is 2.54. The standard InChI is InChI=1S/C19H19N3O3/c1-3-17-21-19(25-22-17)14-5-4-6-15(11-14)20-18(23)12-24-16-9-7-13(2)8-10-16/h4-11H,3,12H2,1-2H3,(H,20,23). The quantitative estimate of drug-likeness (QED) is 0.743. The van der Waals surface area contributed by atoms with Gasteiger partial charge in [-0.1, -0.05) is 35.8 Å². The van der Waals surface area contributed by atoms with E-state index in [1.165, 1.54) is 0 Å². The SMILES string of the molecule is CCc1noc(-c2cccc(NC(=O)COc3ccc(C)cc3)c2)n1. The van der Waals surface area contributed by atoms with Gasteiger partial charge in [0.15, 0.2) is 12.4 Å². The van der Waals surface area contributed by atoms with Crippen LogP contribution in [-0.2, 0) is 11.2 Å². The second-order valence-electron chi connectivity index (χ2n) is 5.60. The lowest BCUT2D eigenvalue weighted by atomic mass is 10.2. The fraction of sp³-hybridized carbons (Fsp3) is 0.211. The molecule has 6 nitrogen and oxygen atoms in total. The average Bonchev–Trinajstić information content (AvgIpc) is 3.11. The van der Waals surface area contributed by atoms with Crippen LogP contribution in [0.1, 0.15) is 18.3 Å². The fourth-order valence-corrected chi connectivity index (χ4v) is 2.23. The maximum Gasteiger partial charge on any atom is 0.262 e. The molecule has 128 valence electrons. The minimum atomic E-state index is -0.238. The van der Waals surface area contributed by atoms with Crippen molar-refractivity contribution in [1.29, 1.82) is 0 Å². The second kappa shape index (κ2) is 7.61. The van der Waals surface area contributed by atoms with Crippen molar-refractivity contribution in [3.05, 3.63) is 59.9 Å². The van der Waals surface area contributed by atoms with Gasteiger partial charge in [0.05, 0.1) is 0 Å². The van der Waals surface area contributed by atoms with Gasteiger partial charge in [0.2, 0.25) is 0 Å². The number of aryl methyl sites for hydroxylation is 2. The molecule has 0 aliphatic carbocycles. The van der Waals surface area contributed by atoms with Gasteiger partial charge < -0.3 is 14.6 Å². The van der Waals surface area contributed by atoms with E-state index in [9.17, 15) is 4.79 Å². The first-order valence-corrected chi connectivity index (χ1v) is 8.06. The van der Waals surface area contributed by atoms with E-state index in [1.807, 2.05) is 50.2 Å². The van der Waals surface area contributed by atoms with Gasteiger partial charge in [0.25, 0.3) is 11.8 Å². The molecule has 6 heteroatoms. The van der Waals surface area contributed by atoms with Crippen molar-refractivity contribution in [2.45, 2.75) is 20.3 Å². The number of nitrogens with zero attached hydrogens (tertiary/aromatic N) is 2. The number of amides is 1. The van der Waals surface area contributed by atoms with Gasteiger partial charge in [-0.25, -0.2) is 0 Å². The second-order valence-corrected chi connectivity index (χ2v) is 5.60. The highest BCUT2D eigenvalue weighted by Crippen LogP contribution is 2.21. The molecule has 25 heavy (non-hydrogen) atoms. The minimum absolute atomic E-state index is 0.0617. The third-order valence-electron chi connectivity index (χ3n) is 3.57. The number of hydrogen-bond acceptors (Lipinski definition) is 5. The number of ether oxygens (including phenoxy) is 1. The van der Waals surface area contributed by atoms with Gasteiger partial charge in [-0.3, -0.25) is 4.79 Å². The lowest BCUT2D eigenvalue weighted by molar-refractivity contribution is -0.118. The Morgan fingerprint density at radius 1 is 1.20 bits per heavy atom. The summed E-state index contributed by atoms with van der Waals surface area (Å²) in [6.45, 7) is 3.89. The molecule has 0 radical (unpaired) electrons. The number of carbonyl (C=O) groups is 1. The molecule has 0 saturated carbocycles. The van der Waals surface area contributed by atoms with Crippen molar-refractivity contribution in [2.24, 2.45) is 0 Å². The van der Waals surface area contributed by atoms with E-state index >= 15 is 0 Å². The number of hydrogen-bond donors (Lipinski definition) is 1. The third kappa shape index (κ3) is 4.44. The van der Waals surface area contributed by atoms with Crippen LogP contribution in [0.15, 0.2) is 53.1 Å². The molecule has 0 aliphatic heterocycles. The van der Waals surface area contributed by atoms with Gasteiger partial charge in [-0.05, 0) is 37.3 Å². The highest BCUT2D eigenvalue weighted by Gasteiger charge is 2.09. The predicted molar refractivity (Wildman–Crippen MR) is 94.4 cm³/mol. The Bertz CT molecular complexity index is 856. The molecule has 2 aromatic carbocycles. The Balaban J connectivity index is 1.61. The first kappa shape index (κ1) is 16.7. The molecule has 1 heterocycles. The maximum absolute atomic E-state index is 12.1. The normalized spacial score (nSPS) is 10.5. The van der Waals surface area contributed by atoms with Crippen molar-refractivity contribution in [3.8, 4) is 17.2 Å². The molecule has 0 bridgehead atoms. The summed E-state index contributed by atoms with van der Waals surface area (Å²) in [7, 11) is 0. The molecule has 0 aliphatic rings. The summed E-state index contributed by atoms with van der Waals surface area (Å²) in [4.78, 5) is 16.4. The first-order chi connectivity index (χ1) is 12.1. The summed E-state index contributed by atoms with van der Waals surface area (Å²) >= 11 is 0. The number of aromatic nitrogens is 2. The molecule has 0 unspecified atom stereocenters. The lowest BCUT2D eigenvalue weighted by Crippen LogP contribution is -2.20. The number of benzene rings is 2. The summed E-state index contributed by atoms with van der Waals surface area (Å²) < 4.78 is 10.7. The topological polar surface area (TPSA) is 77.2 Å². The van der Waals surface area contributed by atoms with E-state index < -0.39 is 0 Å². The van der Waals surface area contributed by atoms with Crippen LogP contribution in [0.5, 0.6) is 5.75 Å². The lowest BCUT2D eigenvalue weighted by Gasteiger charge is -2.08. The predicted octanol–water partition coefficient (Wildman–Crippen LogP) is 3.62. The van der Waals surface area contributed by atoms with E-state index in [1.54, 1.807) is 12.1 Å². The molecular formula is C19H19N3O3. The van der Waals surface area contributed by atoms with Crippen LogP contribution in [-0.4, -0.2) is 22.7 Å². The van der Waals surface area contributed by atoms with Crippen LogP contribution in [0.2, 0.25) is 0 Å². The molecule has 0 saturated heterocycles. The number of carbonyl (C=O) groups excluding carboxylic acids is 1. The van der Waals surface area contributed by atoms with Crippen LogP contribution < -0.4 is 10.1 Å². The number of rotatable bonds is 6. The molecule has 3 rings (SSSR count). The van der Waals surface area contributed by atoms with Crippen molar-refractivity contribution < 1.29 is 14.1 Å². The maximum atomic E-state index is 12.1. The summed E-state index contributed by atoms with van der Waals surface area (Å²) in [6, 6.07) is 14.8. The molecule has 0 spiro atoms. The summed E-state index contributed by atoms with van der Waals surface area (Å²) in [6.07, 6.45) is 0.705. The Morgan fingerprint density at radius 2 is 2.00 bits per heavy atom. The molecule has 1 amide bonds. The van der Waals surface area contributed by atoms with Crippen molar-refractivity contribution in [2.75, 3.05) is 11.9 Å². The Morgan fingerprint density at radius 3 is 2.72 bits per heavy atom. The molecule has 3 aromatic rings. The van der Waals surface area contributed by atoms with Crippen LogP contribution >= 0.6 is 0 Å². The van der Waals surface area contributed by atoms with Crippen molar-refractivity contribution in [3.63, 3.8) is 0 Å². The van der Waals surface area contributed by atoms with Crippen LogP contribution in [0, 0.1) is 6.92 Å². The van der Waals surface area contributed by atoms with Crippen LogP contribution in [0.4, 0.5) is 5.69 Å². The molecular weight excluding hydrogens is 318 g/mol. The number of nitrogens with one attached hydrogen (secondary N) is 1. The fourth-order valence-electron chi connectivity index (χ4n) is 2.23. The first-order valence-electron chi connectivity index (χ1n) is 8.06. The van der Waals surface area contributed by atoms with Gasteiger partial charge in [0.1, 0.15) is 5.75 Å². The zero-order valence-electron chi connectivity index (χ0n) is 14.2. The molecule has 0 atom stereocenters. The third-order valence-corrected chi connectivity index (χ3v) is 3.57. The van der Waals surface area contributed by atoms with E-state index in [4.69, 9.17) is 9.26 Å². The Hall–Kier alpha value is -3.15. The smallest absolute Gasteiger partial charge is 0.262 e. The zero-order valence-corrected chi connectivity index (χ0v) is 14.2. The largest absolute Gasteiger partial charge is 0.484 e. The van der Waals surface area contributed by atoms with Gasteiger partial charge in [-0.15, -0.1) is 0 Å². The molecule has 0 fully saturated rings. The van der Waals surface area contributed by atoms with Crippen LogP contribution in [0.3, 0.4) is 0 Å². The van der Waals surface area contributed by atoms with Crippen molar-refractivity contribution in [1.82, 2.24) is 10.1 Å².